The fourth-order valence-electron chi connectivity index (χ4n) is 0. The summed E-state index contributed by atoms with van der Waals surface area (Å²) in [6.45, 7) is 0. The van der Waals surface area contributed by atoms with Gasteiger partial charge in [0, 0.05) is 24.4 Å². The van der Waals surface area contributed by atoms with Crippen LogP contribution < -0.4 is 0 Å². The van der Waals surface area contributed by atoms with E-state index in [1.165, 1.54) is 0 Å². The van der Waals surface area contributed by atoms with E-state index in [0.717, 1.165) is 0 Å². The van der Waals surface area contributed by atoms with Gasteiger partial charge in [-0.05, 0) is 0 Å². The minimum atomic E-state index is -2.03. The molecule has 0 aliphatic carbocycles. The van der Waals surface area contributed by atoms with E-state index in [0.29, 0.717) is 0 Å². The molecule has 0 nitrogen and oxygen atoms in total. The quantitative estimate of drug-likeness (QED) is 0.578. The summed E-state index contributed by atoms with van der Waals surface area (Å²) in [6.07, 6.45) is 0. The molecule has 0 N–H and O–H groups in total. The third-order valence-corrected chi connectivity index (χ3v) is 0. The van der Waals surface area contributed by atoms with Gasteiger partial charge in [0.25, 0.3) is 0 Å². The number of halogens is 3. The van der Waals surface area contributed by atoms with Crippen molar-refractivity contribution in [3.63, 3.8) is 0 Å². The predicted molar refractivity (Wildman–Crippen MR) is 29.1 cm³/mol. The van der Waals surface area contributed by atoms with Gasteiger partial charge in [-0.3, -0.25) is 0 Å². The second-order valence-electron chi connectivity index (χ2n) is 0.192. The van der Waals surface area contributed by atoms with Crippen molar-refractivity contribution in [3.8, 4) is 0 Å². The summed E-state index contributed by atoms with van der Waals surface area (Å²) in [4.78, 5) is 0. The van der Waals surface area contributed by atoms with Crippen molar-refractivity contribution >= 4 is 67.7 Å². The number of hydrogen-bond donors (Lipinski definition) is 0. The topological polar surface area (TPSA) is 0 Å². The summed E-state index contributed by atoms with van der Waals surface area (Å²) >= 11 is -2.03. The summed E-state index contributed by atoms with van der Waals surface area (Å²) < 4.78 is 0. The third kappa shape index (κ3) is 21.0. The summed E-state index contributed by atoms with van der Waals surface area (Å²) in [5.74, 6) is 0. The smallest absolute Gasteiger partial charge is 0 e. The van der Waals surface area contributed by atoms with Gasteiger partial charge in [-0.15, -0.1) is 0 Å². The zero-order valence-electron chi connectivity index (χ0n) is 2.03. The zero-order chi connectivity index (χ0) is 3.58. The van der Waals surface area contributed by atoms with Gasteiger partial charge < -0.3 is 0 Å². The molecule has 0 aromatic carbocycles. The van der Waals surface area contributed by atoms with Gasteiger partial charge in [0.2, 0.25) is 0 Å². The Bertz CT molecular complexity index is 9.61. The molecule has 0 unspecified atom stereocenters. The maximum atomic E-state index is 4.99. The molecule has 0 heterocycles. The first kappa shape index (κ1) is 10.5. The molecular formula is Cl3Sb2. The van der Waals surface area contributed by atoms with Gasteiger partial charge in [-0.2, -0.15) is 0 Å². The summed E-state index contributed by atoms with van der Waals surface area (Å²) in [5, 5.41) is 0. The van der Waals surface area contributed by atoms with Crippen LogP contribution in [0.4, 0.5) is 0 Å². The van der Waals surface area contributed by atoms with Crippen LogP contribution in [-0.4, -0.2) is 41.2 Å². The van der Waals surface area contributed by atoms with Crippen LogP contribution in [0, 0.1) is 0 Å². The van der Waals surface area contributed by atoms with Crippen LogP contribution in [-0.2, 0) is 0 Å². The average Bonchev–Trinajstić information content (AvgIpc) is 0.811. The summed E-state index contributed by atoms with van der Waals surface area (Å²) in [6, 6.07) is 0. The van der Waals surface area contributed by atoms with Crippen molar-refractivity contribution in [2.24, 2.45) is 0 Å². The van der Waals surface area contributed by atoms with E-state index in [1.807, 2.05) is 0 Å². The first-order valence-corrected chi connectivity index (χ1v) is 10.2. The predicted octanol–water partition coefficient (Wildman–Crippen LogP) is 1.31. The Morgan fingerprint density at radius 2 is 1.00 bits per heavy atom. The molecule has 0 aromatic heterocycles. The molecule has 0 amide bonds. The van der Waals surface area contributed by atoms with Crippen LogP contribution in [0.5, 0.6) is 0 Å². The summed E-state index contributed by atoms with van der Waals surface area (Å²) in [5.41, 5.74) is 0. The van der Waals surface area contributed by atoms with E-state index in [2.05, 4.69) is 0 Å². The van der Waals surface area contributed by atoms with Crippen LogP contribution in [0.15, 0.2) is 0 Å². The van der Waals surface area contributed by atoms with E-state index in [1.54, 1.807) is 0 Å². The molecule has 3 radical (unpaired) electrons. The largest absolute Gasteiger partial charge is 0 e. The van der Waals surface area contributed by atoms with Crippen molar-refractivity contribution in [1.82, 2.24) is 0 Å². The second kappa shape index (κ2) is 6.51. The van der Waals surface area contributed by atoms with Crippen LogP contribution in [0.25, 0.3) is 0 Å². The van der Waals surface area contributed by atoms with E-state index in [4.69, 9.17) is 26.5 Å². The van der Waals surface area contributed by atoms with E-state index < -0.39 is 16.8 Å². The Hall–Kier alpha value is 2.51. The van der Waals surface area contributed by atoms with Gasteiger partial charge in [0.1, 0.15) is 0 Å². The van der Waals surface area contributed by atoms with Crippen LogP contribution in [0.3, 0.4) is 0 Å². The monoisotopic (exact) mass is 347 g/mol. The van der Waals surface area contributed by atoms with Crippen LogP contribution in [0.1, 0.15) is 0 Å². The number of rotatable bonds is 0. The second-order valence-corrected chi connectivity index (χ2v) is 11.6. The van der Waals surface area contributed by atoms with Gasteiger partial charge in [-0.1, -0.05) is 0 Å². The molecule has 31 valence electrons. The molecule has 0 atom stereocenters. The fourth-order valence-corrected chi connectivity index (χ4v) is 0. The van der Waals surface area contributed by atoms with Gasteiger partial charge in [0.05, 0.1) is 0 Å². The Morgan fingerprint density at radius 3 is 1.00 bits per heavy atom. The van der Waals surface area contributed by atoms with E-state index in [9.17, 15) is 0 Å². The van der Waals surface area contributed by atoms with Gasteiger partial charge >= 0.3 is 43.3 Å². The molecule has 5 heteroatoms. The van der Waals surface area contributed by atoms with Gasteiger partial charge in [0.15, 0.2) is 0 Å². The molecule has 0 fully saturated rings. The third-order valence-electron chi connectivity index (χ3n) is 0. The molecule has 0 rings (SSSR count). The maximum Gasteiger partial charge on any atom is 0 e. The Kier molecular flexibility index (Phi) is 13.6. The van der Waals surface area contributed by atoms with Crippen LogP contribution >= 0.6 is 26.5 Å². The fraction of sp³-hybridized carbons (Fsp3) is 0. The van der Waals surface area contributed by atoms with Gasteiger partial charge in [-0.25, -0.2) is 0 Å². The minimum absolute atomic E-state index is 0. The molecule has 0 aromatic rings. The van der Waals surface area contributed by atoms with Crippen molar-refractivity contribution in [3.05, 3.63) is 0 Å². The Balaban J connectivity index is 0. The first-order valence-electron chi connectivity index (χ1n) is 0.507. The molecule has 0 aliphatic heterocycles. The molecule has 0 aliphatic rings. The average molecular weight is 350 g/mol. The maximum absolute atomic E-state index is 4.99. The van der Waals surface area contributed by atoms with Crippen molar-refractivity contribution in [2.45, 2.75) is 0 Å². The normalized spacial score (nSPS) is 7.20. The molecule has 0 saturated heterocycles. The molecule has 0 spiro atoms. The van der Waals surface area contributed by atoms with Crippen molar-refractivity contribution in [2.75, 3.05) is 0 Å². The zero-order valence-corrected chi connectivity index (χ0v) is 9.40. The van der Waals surface area contributed by atoms with E-state index >= 15 is 0 Å². The van der Waals surface area contributed by atoms with Crippen molar-refractivity contribution < 1.29 is 0 Å². The minimum Gasteiger partial charge on any atom is 0 e. The molecular weight excluding hydrogens is 350 g/mol. The summed E-state index contributed by atoms with van der Waals surface area (Å²) in [7, 11) is 15.0. The Labute approximate surface area is 66.6 Å². The number of hydrogen-bond acceptors (Lipinski definition) is 0. The Morgan fingerprint density at radius 1 is 1.00 bits per heavy atom. The molecule has 0 bridgehead atoms. The SMILES string of the molecule is [Cl][Sb]([Cl])[Cl].[Sb]. The van der Waals surface area contributed by atoms with Crippen LogP contribution in [0.2, 0.25) is 0 Å². The molecule has 5 heavy (non-hydrogen) atoms. The first-order chi connectivity index (χ1) is 1.73. The van der Waals surface area contributed by atoms with E-state index in [-0.39, 0.29) is 24.4 Å². The standard InChI is InChI=1S/3ClH.2Sb/h3*1H;;/q;;;;+3/p-3. The van der Waals surface area contributed by atoms with Crippen molar-refractivity contribution in [1.29, 1.82) is 0 Å². The molecule has 0 saturated carbocycles.